The van der Waals surface area contributed by atoms with Gasteiger partial charge in [0.15, 0.2) is 0 Å². The highest BCUT2D eigenvalue weighted by atomic mass is 32.2. The summed E-state index contributed by atoms with van der Waals surface area (Å²) in [5, 5.41) is 0. The molecule has 1 fully saturated rings. The third kappa shape index (κ3) is 4.32. The van der Waals surface area contributed by atoms with Gasteiger partial charge in [-0.15, -0.1) is 0 Å². The van der Waals surface area contributed by atoms with Crippen molar-refractivity contribution in [1.29, 1.82) is 0 Å². The van der Waals surface area contributed by atoms with E-state index in [4.69, 9.17) is 0 Å². The number of nitrogens with one attached hydrogen (secondary N) is 1. The number of benzene rings is 1. The van der Waals surface area contributed by atoms with Crippen molar-refractivity contribution in [1.82, 2.24) is 4.72 Å². The van der Waals surface area contributed by atoms with Crippen LogP contribution in [0.15, 0.2) is 29.2 Å². The molecule has 0 unspecified atom stereocenters. The van der Waals surface area contributed by atoms with Crippen LogP contribution in [0.2, 0.25) is 0 Å². The lowest BCUT2D eigenvalue weighted by molar-refractivity contribution is 0.339. The maximum Gasteiger partial charge on any atom is 0.240 e. The minimum absolute atomic E-state index is 0.363. The molecule has 0 atom stereocenters. The highest BCUT2D eigenvalue weighted by Gasteiger charge is 2.16. The Bertz CT molecular complexity index is 487. The Balaban J connectivity index is 1.85. The highest BCUT2D eigenvalue weighted by Crippen LogP contribution is 2.25. The van der Waals surface area contributed by atoms with Gasteiger partial charge in [-0.1, -0.05) is 49.8 Å². The van der Waals surface area contributed by atoms with Crippen molar-refractivity contribution in [2.75, 3.05) is 6.54 Å². The Labute approximate surface area is 116 Å². The molecule has 0 aliphatic heterocycles. The third-order valence-corrected chi connectivity index (χ3v) is 5.38. The minimum Gasteiger partial charge on any atom is -0.211 e. The molecular weight excluding hydrogens is 258 g/mol. The van der Waals surface area contributed by atoms with Crippen LogP contribution in [0, 0.1) is 12.8 Å². The summed E-state index contributed by atoms with van der Waals surface area (Å²) in [6.45, 7) is 2.51. The second-order valence-corrected chi connectivity index (χ2v) is 7.27. The number of sulfonamides is 1. The van der Waals surface area contributed by atoms with E-state index in [1.807, 2.05) is 19.1 Å². The summed E-state index contributed by atoms with van der Waals surface area (Å²) < 4.78 is 26.9. The average molecular weight is 281 g/mol. The standard InChI is InChI=1S/C15H23NO2S/c1-13-7-9-15(10-8-13)19(17,18)16-12-11-14-5-3-2-4-6-14/h7-10,14,16H,2-6,11-12H2,1H3. The summed E-state index contributed by atoms with van der Waals surface area (Å²) >= 11 is 0. The van der Waals surface area contributed by atoms with E-state index in [0.717, 1.165) is 12.0 Å². The molecule has 0 amide bonds. The molecule has 1 saturated carbocycles. The fraction of sp³-hybridized carbons (Fsp3) is 0.600. The van der Waals surface area contributed by atoms with Gasteiger partial charge in [-0.05, 0) is 31.4 Å². The molecule has 1 aliphatic rings. The average Bonchev–Trinajstić information content (AvgIpc) is 2.40. The van der Waals surface area contributed by atoms with Gasteiger partial charge in [0, 0.05) is 6.54 Å². The molecule has 0 aromatic heterocycles. The van der Waals surface area contributed by atoms with E-state index >= 15 is 0 Å². The van der Waals surface area contributed by atoms with Crippen molar-refractivity contribution in [2.45, 2.75) is 50.3 Å². The zero-order valence-corrected chi connectivity index (χ0v) is 12.4. The van der Waals surface area contributed by atoms with Gasteiger partial charge < -0.3 is 0 Å². The van der Waals surface area contributed by atoms with Gasteiger partial charge in [0.05, 0.1) is 4.90 Å². The summed E-state index contributed by atoms with van der Waals surface area (Å²) in [5.74, 6) is 0.703. The van der Waals surface area contributed by atoms with Crippen molar-refractivity contribution in [3.05, 3.63) is 29.8 Å². The molecule has 2 rings (SSSR count). The SMILES string of the molecule is Cc1ccc(S(=O)(=O)NCCC2CCCCC2)cc1. The molecule has 0 saturated heterocycles. The lowest BCUT2D eigenvalue weighted by Gasteiger charge is -2.21. The van der Waals surface area contributed by atoms with Gasteiger partial charge in [0.25, 0.3) is 0 Å². The zero-order chi connectivity index (χ0) is 13.7. The maximum atomic E-state index is 12.1. The lowest BCUT2D eigenvalue weighted by atomic mass is 9.87. The summed E-state index contributed by atoms with van der Waals surface area (Å²) in [4.78, 5) is 0.363. The molecule has 0 bridgehead atoms. The van der Waals surface area contributed by atoms with E-state index in [1.165, 1.54) is 32.1 Å². The normalized spacial score (nSPS) is 17.5. The van der Waals surface area contributed by atoms with E-state index in [9.17, 15) is 8.42 Å². The maximum absolute atomic E-state index is 12.1. The molecule has 1 aliphatic carbocycles. The third-order valence-electron chi connectivity index (χ3n) is 3.90. The molecule has 1 aromatic carbocycles. The van der Waals surface area contributed by atoms with Gasteiger partial charge in [0.1, 0.15) is 0 Å². The molecule has 19 heavy (non-hydrogen) atoms. The van der Waals surface area contributed by atoms with Crippen molar-refractivity contribution >= 4 is 10.0 Å². The molecular formula is C15H23NO2S. The Morgan fingerprint density at radius 3 is 2.37 bits per heavy atom. The van der Waals surface area contributed by atoms with E-state index in [2.05, 4.69) is 4.72 Å². The van der Waals surface area contributed by atoms with E-state index in [0.29, 0.717) is 17.4 Å². The van der Waals surface area contributed by atoms with Crippen LogP contribution in [-0.4, -0.2) is 15.0 Å². The smallest absolute Gasteiger partial charge is 0.211 e. The van der Waals surface area contributed by atoms with Crippen LogP contribution in [0.25, 0.3) is 0 Å². The van der Waals surface area contributed by atoms with Gasteiger partial charge in [-0.2, -0.15) is 0 Å². The minimum atomic E-state index is -3.33. The predicted octanol–water partition coefficient (Wildman–Crippen LogP) is 3.24. The fourth-order valence-electron chi connectivity index (χ4n) is 2.67. The molecule has 3 nitrogen and oxygen atoms in total. The monoisotopic (exact) mass is 281 g/mol. The topological polar surface area (TPSA) is 46.2 Å². The van der Waals surface area contributed by atoms with Gasteiger partial charge in [-0.3, -0.25) is 0 Å². The summed E-state index contributed by atoms with van der Waals surface area (Å²) in [6.07, 6.45) is 7.42. The predicted molar refractivity (Wildman–Crippen MR) is 77.6 cm³/mol. The molecule has 1 N–H and O–H groups in total. The van der Waals surface area contributed by atoms with Crippen LogP contribution in [-0.2, 0) is 10.0 Å². The number of hydrogen-bond acceptors (Lipinski definition) is 2. The van der Waals surface area contributed by atoms with Crippen LogP contribution < -0.4 is 4.72 Å². The van der Waals surface area contributed by atoms with Gasteiger partial charge in [0.2, 0.25) is 10.0 Å². The first kappa shape index (κ1) is 14.5. The van der Waals surface area contributed by atoms with Gasteiger partial charge in [-0.25, -0.2) is 13.1 Å². The Morgan fingerprint density at radius 1 is 1.11 bits per heavy atom. The number of rotatable bonds is 5. The number of hydrogen-bond donors (Lipinski definition) is 1. The van der Waals surface area contributed by atoms with Crippen LogP contribution in [0.4, 0.5) is 0 Å². The van der Waals surface area contributed by atoms with E-state index < -0.39 is 10.0 Å². The lowest BCUT2D eigenvalue weighted by Crippen LogP contribution is -2.26. The van der Waals surface area contributed by atoms with Crippen molar-refractivity contribution in [2.24, 2.45) is 5.92 Å². The molecule has 4 heteroatoms. The summed E-state index contributed by atoms with van der Waals surface area (Å²) in [6, 6.07) is 6.99. The van der Waals surface area contributed by atoms with E-state index in [-0.39, 0.29) is 0 Å². The second kappa shape index (κ2) is 6.53. The summed E-state index contributed by atoms with van der Waals surface area (Å²) in [7, 11) is -3.33. The van der Waals surface area contributed by atoms with Crippen molar-refractivity contribution in [3.8, 4) is 0 Å². The number of aryl methyl sites for hydroxylation is 1. The van der Waals surface area contributed by atoms with Crippen LogP contribution in [0.3, 0.4) is 0 Å². The first-order valence-electron chi connectivity index (χ1n) is 7.14. The van der Waals surface area contributed by atoms with Crippen LogP contribution >= 0.6 is 0 Å². The Kier molecular flexibility index (Phi) is 4.99. The first-order chi connectivity index (χ1) is 9.08. The molecule has 0 radical (unpaired) electrons. The van der Waals surface area contributed by atoms with Crippen molar-refractivity contribution in [3.63, 3.8) is 0 Å². The Hall–Kier alpha value is -0.870. The first-order valence-corrected chi connectivity index (χ1v) is 8.62. The molecule has 106 valence electrons. The molecule has 0 spiro atoms. The Morgan fingerprint density at radius 2 is 1.74 bits per heavy atom. The second-order valence-electron chi connectivity index (χ2n) is 5.50. The highest BCUT2D eigenvalue weighted by molar-refractivity contribution is 7.89. The fourth-order valence-corrected chi connectivity index (χ4v) is 3.72. The zero-order valence-electron chi connectivity index (χ0n) is 11.6. The van der Waals surface area contributed by atoms with Gasteiger partial charge >= 0.3 is 0 Å². The quantitative estimate of drug-likeness (QED) is 0.900. The van der Waals surface area contributed by atoms with Crippen molar-refractivity contribution < 1.29 is 8.42 Å². The van der Waals surface area contributed by atoms with E-state index in [1.54, 1.807) is 12.1 Å². The van der Waals surface area contributed by atoms with Crippen LogP contribution in [0.1, 0.15) is 44.1 Å². The van der Waals surface area contributed by atoms with Crippen LogP contribution in [0.5, 0.6) is 0 Å². The largest absolute Gasteiger partial charge is 0.240 e. The molecule has 1 aromatic rings. The molecule has 0 heterocycles. The summed E-state index contributed by atoms with van der Waals surface area (Å²) in [5.41, 5.74) is 1.07.